The first-order chi connectivity index (χ1) is 14.6. The number of nitrogens with zero attached hydrogens (tertiary/aromatic N) is 5. The zero-order valence-corrected chi connectivity index (χ0v) is 16.6. The molecule has 0 spiro atoms. The van der Waals surface area contributed by atoms with Crippen molar-refractivity contribution in [1.82, 2.24) is 29.8 Å². The Morgan fingerprint density at radius 3 is 2.67 bits per heavy atom. The zero-order chi connectivity index (χ0) is 21.1. The van der Waals surface area contributed by atoms with Gasteiger partial charge in [0.1, 0.15) is 0 Å². The van der Waals surface area contributed by atoms with Crippen LogP contribution in [0.3, 0.4) is 0 Å². The van der Waals surface area contributed by atoms with E-state index in [1.807, 2.05) is 17.5 Å². The highest BCUT2D eigenvalue weighted by atomic mass is 32.1. The Labute approximate surface area is 173 Å². The number of carbonyl (C=O) groups is 1. The molecule has 0 bridgehead atoms. The summed E-state index contributed by atoms with van der Waals surface area (Å²) in [5, 5.41) is 12.4. The van der Waals surface area contributed by atoms with Gasteiger partial charge in [-0.15, -0.1) is 11.3 Å². The monoisotopic (exact) mass is 424 g/mol. The summed E-state index contributed by atoms with van der Waals surface area (Å²) in [6.45, 7) is 2.11. The van der Waals surface area contributed by atoms with Crippen molar-refractivity contribution in [2.75, 3.05) is 0 Å². The van der Waals surface area contributed by atoms with Crippen LogP contribution in [0.5, 0.6) is 0 Å². The molecule has 0 saturated carbocycles. The van der Waals surface area contributed by atoms with Crippen molar-refractivity contribution in [1.29, 1.82) is 0 Å². The molecule has 0 aliphatic carbocycles. The molecule has 152 valence electrons. The minimum absolute atomic E-state index is 0.131. The maximum absolute atomic E-state index is 12.7. The average Bonchev–Trinajstić information content (AvgIpc) is 3.46. The van der Waals surface area contributed by atoms with Crippen LogP contribution in [-0.4, -0.2) is 30.4 Å². The van der Waals surface area contributed by atoms with E-state index < -0.39 is 17.2 Å². The van der Waals surface area contributed by atoms with E-state index in [-0.39, 0.29) is 24.0 Å². The van der Waals surface area contributed by atoms with Gasteiger partial charge in [-0.25, -0.2) is 4.79 Å². The van der Waals surface area contributed by atoms with E-state index in [4.69, 9.17) is 4.52 Å². The Kier molecular flexibility index (Phi) is 5.35. The average molecular weight is 424 g/mol. The maximum Gasteiger partial charge on any atom is 0.352 e. The number of aromatic nitrogens is 5. The van der Waals surface area contributed by atoms with Crippen molar-refractivity contribution in [2.45, 2.75) is 20.0 Å². The summed E-state index contributed by atoms with van der Waals surface area (Å²) in [4.78, 5) is 42.6. The Morgan fingerprint density at radius 2 is 1.97 bits per heavy atom. The van der Waals surface area contributed by atoms with Gasteiger partial charge in [-0.05, 0) is 30.5 Å². The van der Waals surface area contributed by atoms with Gasteiger partial charge in [-0.3, -0.25) is 14.2 Å². The molecule has 4 aromatic rings. The quantitative estimate of drug-likeness (QED) is 0.497. The van der Waals surface area contributed by atoms with Gasteiger partial charge in [0, 0.05) is 11.4 Å². The van der Waals surface area contributed by atoms with Gasteiger partial charge < -0.3 is 9.84 Å². The van der Waals surface area contributed by atoms with Crippen molar-refractivity contribution in [3.63, 3.8) is 0 Å². The summed E-state index contributed by atoms with van der Waals surface area (Å²) in [5.74, 6) is -1.05. The Morgan fingerprint density at radius 1 is 1.17 bits per heavy atom. The minimum Gasteiger partial charge on any atom is -0.343 e. The maximum atomic E-state index is 12.7. The Hall–Kier alpha value is -3.86. The molecule has 1 aromatic carbocycles. The van der Waals surface area contributed by atoms with E-state index in [2.05, 4.69) is 20.6 Å². The molecule has 0 saturated heterocycles. The lowest BCUT2D eigenvalue weighted by Gasteiger charge is -2.09. The largest absolute Gasteiger partial charge is 0.352 e. The second-order valence-corrected chi connectivity index (χ2v) is 7.15. The molecule has 4 rings (SSSR count). The lowest BCUT2D eigenvalue weighted by Crippen LogP contribution is -2.41. The predicted molar refractivity (Wildman–Crippen MR) is 109 cm³/mol. The third-order valence-electron chi connectivity index (χ3n) is 4.21. The number of nitrogens with one attached hydrogen (secondary N) is 1. The second kappa shape index (κ2) is 8.25. The molecule has 0 unspecified atom stereocenters. The molecular weight excluding hydrogens is 408 g/mol. The molecule has 0 atom stereocenters. The smallest absolute Gasteiger partial charge is 0.343 e. The van der Waals surface area contributed by atoms with Crippen molar-refractivity contribution in [2.24, 2.45) is 0 Å². The van der Waals surface area contributed by atoms with E-state index in [0.717, 1.165) is 14.1 Å². The summed E-state index contributed by atoms with van der Waals surface area (Å²) in [7, 11) is 0. The second-order valence-electron chi connectivity index (χ2n) is 6.11. The van der Waals surface area contributed by atoms with Crippen LogP contribution in [0.15, 0.2) is 62.0 Å². The summed E-state index contributed by atoms with van der Waals surface area (Å²) in [5.41, 5.74) is -0.972. The molecule has 3 aromatic heterocycles. The van der Waals surface area contributed by atoms with E-state index in [0.29, 0.717) is 12.2 Å². The minimum atomic E-state index is -0.666. The van der Waals surface area contributed by atoms with Gasteiger partial charge in [0.15, 0.2) is 5.69 Å². The number of rotatable bonds is 6. The summed E-state index contributed by atoms with van der Waals surface area (Å²) < 4.78 is 7.12. The molecule has 3 heterocycles. The van der Waals surface area contributed by atoms with Gasteiger partial charge in [0.2, 0.25) is 5.82 Å². The highest BCUT2D eigenvalue weighted by molar-refractivity contribution is 7.09. The molecule has 1 N–H and O–H groups in total. The van der Waals surface area contributed by atoms with Gasteiger partial charge in [0.25, 0.3) is 5.56 Å². The first-order valence-corrected chi connectivity index (χ1v) is 9.90. The van der Waals surface area contributed by atoms with Crippen molar-refractivity contribution < 1.29 is 9.32 Å². The lowest BCUT2D eigenvalue weighted by molar-refractivity contribution is 0.0907. The van der Waals surface area contributed by atoms with Crippen molar-refractivity contribution in [3.8, 4) is 17.2 Å². The van der Waals surface area contributed by atoms with Gasteiger partial charge >= 0.3 is 17.5 Å². The molecule has 30 heavy (non-hydrogen) atoms. The zero-order valence-electron chi connectivity index (χ0n) is 15.8. The SMILES string of the molecule is CCn1c(=O)c(-c2noc(C(=O)NCc3cccs3)n2)nn(-c2ccccc2)c1=O. The third kappa shape index (κ3) is 3.70. The standard InChI is InChI=1S/C19H16N6O4S/c1-2-24-18(27)14(22-25(19(24)28)12-7-4-3-5-8-12)15-21-17(29-23-15)16(26)20-11-13-9-6-10-30-13/h3-10H,2,11H2,1H3,(H,20,26). The summed E-state index contributed by atoms with van der Waals surface area (Å²) in [6.07, 6.45) is 0. The predicted octanol–water partition coefficient (Wildman–Crippen LogP) is 1.46. The van der Waals surface area contributed by atoms with Crippen LogP contribution in [-0.2, 0) is 13.1 Å². The topological polar surface area (TPSA) is 125 Å². The van der Waals surface area contributed by atoms with Gasteiger partial charge in [0.05, 0.1) is 12.2 Å². The third-order valence-corrected chi connectivity index (χ3v) is 5.09. The van der Waals surface area contributed by atoms with Crippen LogP contribution < -0.4 is 16.6 Å². The van der Waals surface area contributed by atoms with E-state index in [1.165, 1.54) is 11.3 Å². The van der Waals surface area contributed by atoms with Crippen molar-refractivity contribution >= 4 is 17.2 Å². The fraction of sp³-hybridized carbons (Fsp3) is 0.158. The normalized spacial score (nSPS) is 10.8. The van der Waals surface area contributed by atoms with Crippen LogP contribution in [0, 0.1) is 0 Å². The van der Waals surface area contributed by atoms with E-state index in [1.54, 1.807) is 37.3 Å². The fourth-order valence-electron chi connectivity index (χ4n) is 2.74. The number of hydrogen-bond donors (Lipinski definition) is 1. The number of para-hydroxylation sites is 1. The summed E-state index contributed by atoms with van der Waals surface area (Å²) >= 11 is 1.50. The molecule has 0 radical (unpaired) electrons. The lowest BCUT2D eigenvalue weighted by atomic mass is 10.3. The molecule has 0 fully saturated rings. The van der Waals surface area contributed by atoms with Crippen molar-refractivity contribution in [3.05, 3.63) is 79.5 Å². The summed E-state index contributed by atoms with van der Waals surface area (Å²) in [6, 6.07) is 12.4. The molecule has 1 amide bonds. The highest BCUT2D eigenvalue weighted by Crippen LogP contribution is 2.11. The fourth-order valence-corrected chi connectivity index (χ4v) is 3.38. The van der Waals surface area contributed by atoms with Crippen LogP contribution in [0.1, 0.15) is 22.5 Å². The number of benzene rings is 1. The van der Waals surface area contributed by atoms with Gasteiger partial charge in [-0.2, -0.15) is 14.8 Å². The van der Waals surface area contributed by atoms with Gasteiger partial charge in [-0.1, -0.05) is 29.4 Å². The number of amides is 1. The molecule has 0 aliphatic rings. The highest BCUT2D eigenvalue weighted by Gasteiger charge is 2.22. The molecule has 11 heteroatoms. The number of thiophene rings is 1. The van der Waals surface area contributed by atoms with Crippen LogP contribution in [0.4, 0.5) is 0 Å². The number of hydrogen-bond acceptors (Lipinski definition) is 8. The van der Waals surface area contributed by atoms with E-state index in [9.17, 15) is 14.4 Å². The van der Waals surface area contributed by atoms with E-state index >= 15 is 0 Å². The van der Waals surface area contributed by atoms with Crippen LogP contribution in [0.25, 0.3) is 17.2 Å². The van der Waals surface area contributed by atoms with Crippen LogP contribution in [0.2, 0.25) is 0 Å². The Bertz CT molecular complexity index is 1290. The molecule has 0 aliphatic heterocycles. The number of carbonyl (C=O) groups excluding carboxylic acids is 1. The molecular formula is C19H16N6O4S. The first kappa shape index (κ1) is 19.5. The Balaban J connectivity index is 1.70. The first-order valence-electron chi connectivity index (χ1n) is 9.02. The van der Waals surface area contributed by atoms with Crippen LogP contribution >= 0.6 is 11.3 Å². The molecule has 10 nitrogen and oxygen atoms in total.